The maximum absolute atomic E-state index is 13.3. The second-order valence-corrected chi connectivity index (χ2v) is 9.24. The Morgan fingerprint density at radius 2 is 1.97 bits per heavy atom. The second-order valence-electron chi connectivity index (χ2n) is 8.39. The number of methoxy groups -OCH3 is 1. The molecule has 0 aromatic heterocycles. The molecule has 2 aromatic carbocycles. The Bertz CT molecular complexity index is 1040. The van der Waals surface area contributed by atoms with Crippen molar-refractivity contribution < 1.29 is 19.1 Å². The van der Waals surface area contributed by atoms with E-state index in [-0.39, 0.29) is 30.2 Å². The number of hydrogen-bond acceptors (Lipinski definition) is 4. The number of hydrogen-bond donors (Lipinski definition) is 1. The number of halogens is 1. The first-order valence-corrected chi connectivity index (χ1v) is 11.7. The third kappa shape index (κ3) is 4.99. The van der Waals surface area contributed by atoms with Crippen LogP contribution in [0.4, 0.5) is 5.69 Å². The van der Waals surface area contributed by atoms with Crippen molar-refractivity contribution in [3.63, 3.8) is 0 Å². The summed E-state index contributed by atoms with van der Waals surface area (Å²) in [7, 11) is 1.60. The molecular formula is C25H27BrN2O4. The van der Waals surface area contributed by atoms with Crippen LogP contribution in [0.1, 0.15) is 38.2 Å². The van der Waals surface area contributed by atoms with Gasteiger partial charge in [-0.2, -0.15) is 0 Å². The molecule has 0 saturated heterocycles. The van der Waals surface area contributed by atoms with Crippen LogP contribution in [0.25, 0.3) is 6.08 Å². The maximum atomic E-state index is 13.3. The van der Waals surface area contributed by atoms with Crippen molar-refractivity contribution in [2.45, 2.75) is 38.6 Å². The average molecular weight is 499 g/mol. The molecule has 1 N–H and O–H groups in total. The smallest absolute Gasteiger partial charge is 0.294 e. The molecule has 0 spiro atoms. The van der Waals surface area contributed by atoms with Crippen molar-refractivity contribution in [2.75, 3.05) is 18.6 Å². The summed E-state index contributed by atoms with van der Waals surface area (Å²) in [6.07, 6.45) is 5.88. The van der Waals surface area contributed by atoms with E-state index in [0.717, 1.165) is 35.7 Å². The number of nitrogens with zero attached hydrogens (tertiary/aromatic N) is 1. The summed E-state index contributed by atoms with van der Waals surface area (Å²) in [6, 6.07) is 13.0. The van der Waals surface area contributed by atoms with E-state index in [9.17, 15) is 9.59 Å². The molecule has 6 nitrogen and oxygen atoms in total. The lowest BCUT2D eigenvalue weighted by molar-refractivity contribution is -0.124. The molecule has 4 rings (SSSR count). The number of fused-ring (bicyclic) bond motifs is 1. The van der Waals surface area contributed by atoms with Gasteiger partial charge in [-0.05, 0) is 83.4 Å². The van der Waals surface area contributed by atoms with Crippen molar-refractivity contribution in [3.05, 3.63) is 58.3 Å². The third-order valence-electron chi connectivity index (χ3n) is 5.99. The van der Waals surface area contributed by atoms with E-state index < -0.39 is 0 Å². The Balaban J connectivity index is 1.55. The minimum atomic E-state index is -0.344. The van der Waals surface area contributed by atoms with Crippen LogP contribution in [0.2, 0.25) is 0 Å². The summed E-state index contributed by atoms with van der Waals surface area (Å²) < 4.78 is 12.0. The van der Waals surface area contributed by atoms with Gasteiger partial charge in [0.2, 0.25) is 5.91 Å². The summed E-state index contributed by atoms with van der Waals surface area (Å²) in [5, 5.41) is 3.11. The van der Waals surface area contributed by atoms with E-state index in [2.05, 4.69) is 28.2 Å². The number of benzene rings is 2. The number of nitrogens with one attached hydrogen (secondary N) is 1. The number of anilines is 1. The van der Waals surface area contributed by atoms with Gasteiger partial charge in [-0.25, -0.2) is 0 Å². The Morgan fingerprint density at radius 1 is 1.22 bits per heavy atom. The van der Waals surface area contributed by atoms with Crippen molar-refractivity contribution in [1.82, 2.24) is 5.32 Å². The number of carbonyl (C=O) groups is 2. The summed E-state index contributed by atoms with van der Waals surface area (Å²) in [5.74, 6) is 1.62. The molecule has 1 aliphatic heterocycles. The van der Waals surface area contributed by atoms with Gasteiger partial charge in [0.15, 0.2) is 11.5 Å². The monoisotopic (exact) mass is 498 g/mol. The predicted octanol–water partition coefficient (Wildman–Crippen LogP) is 4.92. The molecule has 1 saturated carbocycles. The third-order valence-corrected chi connectivity index (χ3v) is 6.61. The minimum absolute atomic E-state index is 0.0467. The SMILES string of the molecule is COc1ccc(/C=C2\Oc3ccccc3N(CC(=O)NC3CCC(C)CC3)C2=O)cc1Br. The van der Waals surface area contributed by atoms with Crippen LogP contribution in [0, 0.1) is 5.92 Å². The molecule has 2 amide bonds. The summed E-state index contributed by atoms with van der Waals surface area (Å²) in [5.41, 5.74) is 1.37. The molecule has 2 aliphatic rings. The topological polar surface area (TPSA) is 67.9 Å². The zero-order valence-corrected chi connectivity index (χ0v) is 19.9. The summed E-state index contributed by atoms with van der Waals surface area (Å²) in [6.45, 7) is 2.20. The number of ether oxygens (including phenoxy) is 2. The highest BCUT2D eigenvalue weighted by atomic mass is 79.9. The van der Waals surface area contributed by atoms with E-state index in [1.165, 1.54) is 4.90 Å². The van der Waals surface area contributed by atoms with Crippen LogP contribution < -0.4 is 19.7 Å². The van der Waals surface area contributed by atoms with E-state index in [4.69, 9.17) is 9.47 Å². The fourth-order valence-corrected chi connectivity index (χ4v) is 4.72. The first-order chi connectivity index (χ1) is 15.4. The standard InChI is InChI=1S/C25H27BrN2O4/c1-16-7-10-18(11-8-16)27-24(29)15-28-20-5-3-4-6-22(20)32-23(25(28)30)14-17-9-12-21(31-2)19(26)13-17/h3-6,9,12-14,16,18H,7-8,10-11,15H2,1-2H3,(H,27,29)/b23-14-. The lowest BCUT2D eigenvalue weighted by Crippen LogP contribution is -2.47. The van der Waals surface area contributed by atoms with Crippen molar-refractivity contribution >= 4 is 39.5 Å². The average Bonchev–Trinajstić information content (AvgIpc) is 2.78. The van der Waals surface area contributed by atoms with Gasteiger partial charge in [0.1, 0.15) is 12.3 Å². The number of rotatable bonds is 5. The zero-order valence-electron chi connectivity index (χ0n) is 18.3. The molecule has 1 heterocycles. The van der Waals surface area contributed by atoms with Crippen LogP contribution in [-0.2, 0) is 9.59 Å². The van der Waals surface area contributed by atoms with Gasteiger partial charge in [-0.15, -0.1) is 0 Å². The van der Waals surface area contributed by atoms with Crippen LogP contribution in [0.15, 0.2) is 52.7 Å². The van der Waals surface area contributed by atoms with Crippen molar-refractivity contribution in [1.29, 1.82) is 0 Å². The van der Waals surface area contributed by atoms with E-state index in [0.29, 0.717) is 23.1 Å². The van der Waals surface area contributed by atoms with E-state index in [1.54, 1.807) is 25.3 Å². The number of amides is 2. The largest absolute Gasteiger partial charge is 0.496 e. The fourth-order valence-electron chi connectivity index (χ4n) is 4.16. The van der Waals surface area contributed by atoms with E-state index >= 15 is 0 Å². The summed E-state index contributed by atoms with van der Waals surface area (Å²) in [4.78, 5) is 27.6. The van der Waals surface area contributed by atoms with E-state index in [1.807, 2.05) is 30.3 Å². The first kappa shape index (κ1) is 22.4. The molecule has 0 bridgehead atoms. The lowest BCUT2D eigenvalue weighted by atomic mass is 9.87. The summed E-state index contributed by atoms with van der Waals surface area (Å²) >= 11 is 3.47. The molecule has 32 heavy (non-hydrogen) atoms. The Kier molecular flexibility index (Phi) is 6.84. The van der Waals surface area contributed by atoms with Gasteiger partial charge >= 0.3 is 0 Å². The van der Waals surface area contributed by atoms with Gasteiger partial charge in [0.05, 0.1) is 17.3 Å². The second kappa shape index (κ2) is 9.77. The normalized spacial score (nSPS) is 21.7. The van der Waals surface area contributed by atoms with Gasteiger partial charge in [0.25, 0.3) is 5.91 Å². The van der Waals surface area contributed by atoms with Gasteiger partial charge < -0.3 is 14.8 Å². The highest BCUT2D eigenvalue weighted by Crippen LogP contribution is 2.36. The molecule has 2 aromatic rings. The Hall–Kier alpha value is -2.80. The molecule has 168 valence electrons. The number of para-hydroxylation sites is 2. The highest BCUT2D eigenvalue weighted by Gasteiger charge is 2.32. The zero-order chi connectivity index (χ0) is 22.7. The molecule has 1 fully saturated rings. The molecule has 0 radical (unpaired) electrons. The molecule has 7 heteroatoms. The van der Waals surface area contributed by atoms with Crippen LogP contribution in [0.3, 0.4) is 0 Å². The fraction of sp³-hybridized carbons (Fsp3) is 0.360. The Labute approximate surface area is 196 Å². The first-order valence-electron chi connectivity index (χ1n) is 10.9. The van der Waals surface area contributed by atoms with Crippen LogP contribution in [0.5, 0.6) is 11.5 Å². The minimum Gasteiger partial charge on any atom is -0.496 e. The quantitative estimate of drug-likeness (QED) is 0.594. The molecule has 1 aliphatic carbocycles. The molecular weight excluding hydrogens is 472 g/mol. The van der Waals surface area contributed by atoms with Gasteiger partial charge in [-0.3, -0.25) is 14.5 Å². The lowest BCUT2D eigenvalue weighted by Gasteiger charge is -2.31. The maximum Gasteiger partial charge on any atom is 0.294 e. The van der Waals surface area contributed by atoms with Gasteiger partial charge in [0, 0.05) is 6.04 Å². The molecule has 0 unspecified atom stereocenters. The van der Waals surface area contributed by atoms with Crippen LogP contribution in [-0.4, -0.2) is 31.5 Å². The van der Waals surface area contributed by atoms with Crippen molar-refractivity contribution in [2.24, 2.45) is 5.92 Å². The highest BCUT2D eigenvalue weighted by molar-refractivity contribution is 9.10. The predicted molar refractivity (Wildman–Crippen MR) is 128 cm³/mol. The van der Waals surface area contributed by atoms with Crippen molar-refractivity contribution in [3.8, 4) is 11.5 Å². The molecule has 0 atom stereocenters. The van der Waals surface area contributed by atoms with Crippen LogP contribution >= 0.6 is 15.9 Å². The van der Waals surface area contributed by atoms with Gasteiger partial charge in [-0.1, -0.05) is 25.1 Å². The Morgan fingerprint density at radius 3 is 2.69 bits per heavy atom. The number of carbonyl (C=O) groups excluding carboxylic acids is 2.